The lowest BCUT2D eigenvalue weighted by atomic mass is 10.3. The zero-order chi connectivity index (χ0) is 15.1. The highest BCUT2D eigenvalue weighted by Crippen LogP contribution is 2.18. The van der Waals surface area contributed by atoms with Crippen LogP contribution in [-0.2, 0) is 4.79 Å². The zero-order valence-corrected chi connectivity index (χ0v) is 12.2. The van der Waals surface area contributed by atoms with Gasteiger partial charge in [0.25, 0.3) is 5.91 Å². The number of carbonyl (C=O) groups excluding carboxylic acids is 1. The summed E-state index contributed by atoms with van der Waals surface area (Å²) in [6.45, 7) is 3.92. The Hall–Kier alpha value is -1.95. The molecular formula is C13H18ClN3O3. The van der Waals surface area contributed by atoms with Gasteiger partial charge in [0.2, 0.25) is 0 Å². The van der Waals surface area contributed by atoms with E-state index in [1.165, 1.54) is 4.90 Å². The number of nitrogens with zero attached hydrogens (tertiary/aromatic N) is 2. The number of amidine groups is 1. The summed E-state index contributed by atoms with van der Waals surface area (Å²) in [5.41, 5.74) is 5.41. The Morgan fingerprint density at radius 1 is 1.60 bits per heavy atom. The third kappa shape index (κ3) is 4.62. The van der Waals surface area contributed by atoms with Gasteiger partial charge in [0.15, 0.2) is 11.9 Å². The molecule has 1 aromatic carbocycles. The van der Waals surface area contributed by atoms with Crippen LogP contribution in [0.15, 0.2) is 29.4 Å². The van der Waals surface area contributed by atoms with Crippen molar-refractivity contribution < 1.29 is 14.7 Å². The molecule has 0 aliphatic rings. The molecule has 0 aliphatic heterocycles. The number of ether oxygens (including phenoxy) is 1. The second-order valence-corrected chi connectivity index (χ2v) is 4.60. The summed E-state index contributed by atoms with van der Waals surface area (Å²) in [7, 11) is 0. The number of hydrogen-bond donors (Lipinski definition) is 2. The standard InChI is InChI=1S/C13H18ClN3O3/c1-3-17(8-12(15)16-19)13(18)9(2)20-11-6-4-5-10(14)7-11/h4-7,9,19H,3,8H2,1-2H3,(H2,15,16). The molecule has 1 atom stereocenters. The number of likely N-dealkylation sites (N-methyl/N-ethyl adjacent to an activating group) is 1. The van der Waals surface area contributed by atoms with Gasteiger partial charge in [-0.25, -0.2) is 0 Å². The molecule has 0 saturated carbocycles. The van der Waals surface area contributed by atoms with Crippen molar-refractivity contribution in [3.05, 3.63) is 29.3 Å². The topological polar surface area (TPSA) is 88.1 Å². The fourth-order valence-electron chi connectivity index (χ4n) is 1.62. The SMILES string of the molecule is CCN(CC(N)=NO)C(=O)C(C)Oc1cccc(Cl)c1. The minimum Gasteiger partial charge on any atom is -0.481 e. The van der Waals surface area contributed by atoms with Gasteiger partial charge in [-0.3, -0.25) is 4.79 Å². The van der Waals surface area contributed by atoms with Gasteiger partial charge in [0.05, 0.1) is 6.54 Å². The third-order valence-electron chi connectivity index (χ3n) is 2.63. The van der Waals surface area contributed by atoms with Gasteiger partial charge >= 0.3 is 0 Å². The highest BCUT2D eigenvalue weighted by molar-refractivity contribution is 6.30. The summed E-state index contributed by atoms with van der Waals surface area (Å²) in [4.78, 5) is 13.6. The summed E-state index contributed by atoms with van der Waals surface area (Å²) in [6, 6.07) is 6.81. The van der Waals surface area contributed by atoms with Crippen LogP contribution >= 0.6 is 11.6 Å². The number of hydrogen-bond acceptors (Lipinski definition) is 4. The van der Waals surface area contributed by atoms with Gasteiger partial charge in [-0.1, -0.05) is 22.8 Å². The number of amides is 1. The number of halogens is 1. The highest BCUT2D eigenvalue weighted by atomic mass is 35.5. The molecule has 7 heteroatoms. The largest absolute Gasteiger partial charge is 0.481 e. The molecule has 0 fully saturated rings. The molecule has 0 heterocycles. The van der Waals surface area contributed by atoms with E-state index < -0.39 is 6.10 Å². The maximum Gasteiger partial charge on any atom is 0.263 e. The highest BCUT2D eigenvalue weighted by Gasteiger charge is 2.21. The Morgan fingerprint density at radius 3 is 2.85 bits per heavy atom. The Labute approximate surface area is 122 Å². The van der Waals surface area contributed by atoms with E-state index in [0.29, 0.717) is 17.3 Å². The molecule has 0 aromatic heterocycles. The third-order valence-corrected chi connectivity index (χ3v) is 2.87. The van der Waals surface area contributed by atoms with Crippen molar-refractivity contribution in [3.63, 3.8) is 0 Å². The maximum absolute atomic E-state index is 12.2. The van der Waals surface area contributed by atoms with E-state index in [-0.39, 0.29) is 18.3 Å². The Morgan fingerprint density at radius 2 is 2.30 bits per heavy atom. The van der Waals surface area contributed by atoms with Gasteiger partial charge in [0.1, 0.15) is 5.75 Å². The first-order valence-electron chi connectivity index (χ1n) is 6.15. The van der Waals surface area contributed by atoms with Crippen molar-refractivity contribution in [1.29, 1.82) is 0 Å². The van der Waals surface area contributed by atoms with Crippen molar-refractivity contribution in [2.24, 2.45) is 10.9 Å². The summed E-state index contributed by atoms with van der Waals surface area (Å²) in [5, 5.41) is 11.9. The summed E-state index contributed by atoms with van der Waals surface area (Å²) in [6.07, 6.45) is -0.695. The minimum atomic E-state index is -0.695. The average molecular weight is 300 g/mol. The van der Waals surface area contributed by atoms with E-state index in [2.05, 4.69) is 5.16 Å². The van der Waals surface area contributed by atoms with Crippen LogP contribution in [0.25, 0.3) is 0 Å². The van der Waals surface area contributed by atoms with E-state index in [0.717, 1.165) is 0 Å². The Bertz CT molecular complexity index is 494. The van der Waals surface area contributed by atoms with Crippen LogP contribution in [-0.4, -0.2) is 41.0 Å². The summed E-state index contributed by atoms with van der Waals surface area (Å²) >= 11 is 5.85. The van der Waals surface area contributed by atoms with Gasteiger partial charge in [0, 0.05) is 11.6 Å². The second kappa shape index (κ2) is 7.59. The molecular weight excluding hydrogens is 282 g/mol. The van der Waals surface area contributed by atoms with Crippen molar-refractivity contribution in [2.75, 3.05) is 13.1 Å². The van der Waals surface area contributed by atoms with Crippen molar-refractivity contribution in [3.8, 4) is 5.75 Å². The lowest BCUT2D eigenvalue weighted by molar-refractivity contribution is -0.137. The van der Waals surface area contributed by atoms with E-state index in [1.807, 2.05) is 0 Å². The number of carbonyl (C=O) groups is 1. The van der Waals surface area contributed by atoms with Gasteiger partial charge in [-0.2, -0.15) is 0 Å². The summed E-state index contributed by atoms with van der Waals surface area (Å²) < 4.78 is 5.54. The number of benzene rings is 1. The molecule has 3 N–H and O–H groups in total. The lowest BCUT2D eigenvalue weighted by Crippen LogP contribution is -2.44. The number of nitrogens with two attached hydrogens (primary N) is 1. The lowest BCUT2D eigenvalue weighted by Gasteiger charge is -2.24. The van der Waals surface area contributed by atoms with E-state index in [1.54, 1.807) is 38.1 Å². The molecule has 0 bridgehead atoms. The Balaban J connectivity index is 2.69. The fraction of sp³-hybridized carbons (Fsp3) is 0.385. The molecule has 110 valence electrons. The molecule has 0 saturated heterocycles. The van der Waals surface area contributed by atoms with E-state index in [9.17, 15) is 4.79 Å². The van der Waals surface area contributed by atoms with Gasteiger partial charge in [-0.05, 0) is 32.0 Å². The van der Waals surface area contributed by atoms with Crippen molar-refractivity contribution in [2.45, 2.75) is 20.0 Å². The quantitative estimate of drug-likeness (QED) is 0.362. The Kier molecular flexibility index (Phi) is 6.11. The van der Waals surface area contributed by atoms with Crippen LogP contribution in [0.4, 0.5) is 0 Å². The minimum absolute atomic E-state index is 0.0323. The molecule has 6 nitrogen and oxygen atoms in total. The van der Waals surface area contributed by atoms with Gasteiger partial charge < -0.3 is 20.6 Å². The van der Waals surface area contributed by atoms with Crippen LogP contribution in [0.3, 0.4) is 0 Å². The van der Waals surface area contributed by atoms with Crippen LogP contribution in [0, 0.1) is 0 Å². The molecule has 20 heavy (non-hydrogen) atoms. The first-order valence-corrected chi connectivity index (χ1v) is 6.53. The van der Waals surface area contributed by atoms with Crippen molar-refractivity contribution in [1.82, 2.24) is 4.90 Å². The predicted molar refractivity (Wildman–Crippen MR) is 77.2 cm³/mol. The first kappa shape index (κ1) is 16.1. The molecule has 1 aromatic rings. The van der Waals surface area contributed by atoms with Gasteiger partial charge in [-0.15, -0.1) is 0 Å². The smallest absolute Gasteiger partial charge is 0.263 e. The molecule has 0 radical (unpaired) electrons. The number of rotatable bonds is 6. The van der Waals surface area contributed by atoms with Crippen molar-refractivity contribution >= 4 is 23.3 Å². The van der Waals surface area contributed by atoms with Crippen LogP contribution in [0.5, 0.6) is 5.75 Å². The predicted octanol–water partition coefficient (Wildman–Crippen LogP) is 1.70. The van der Waals surface area contributed by atoms with Crippen LogP contribution in [0.2, 0.25) is 5.02 Å². The fourth-order valence-corrected chi connectivity index (χ4v) is 1.80. The molecule has 0 aliphatic carbocycles. The maximum atomic E-state index is 12.2. The normalized spacial score (nSPS) is 12.8. The molecule has 1 unspecified atom stereocenters. The summed E-state index contributed by atoms with van der Waals surface area (Å²) in [5.74, 6) is 0.229. The van der Waals surface area contributed by atoms with Crippen LogP contribution in [0.1, 0.15) is 13.8 Å². The van der Waals surface area contributed by atoms with Crippen LogP contribution < -0.4 is 10.5 Å². The molecule has 1 amide bonds. The average Bonchev–Trinajstić information content (AvgIpc) is 2.43. The molecule has 1 rings (SSSR count). The second-order valence-electron chi connectivity index (χ2n) is 4.16. The molecule has 0 spiro atoms. The zero-order valence-electron chi connectivity index (χ0n) is 11.4. The van der Waals surface area contributed by atoms with E-state index in [4.69, 9.17) is 27.3 Å². The monoisotopic (exact) mass is 299 g/mol. The first-order chi connectivity index (χ1) is 9.47. The van der Waals surface area contributed by atoms with E-state index >= 15 is 0 Å². The number of oxime groups is 1.